The van der Waals surface area contributed by atoms with Gasteiger partial charge in [-0.25, -0.2) is 4.98 Å². The Morgan fingerprint density at radius 1 is 1.41 bits per heavy atom. The van der Waals surface area contributed by atoms with Crippen molar-refractivity contribution in [1.29, 1.82) is 0 Å². The number of piperidine rings is 1. The zero-order valence-electron chi connectivity index (χ0n) is 13.1. The number of hydrogen-bond acceptors (Lipinski definition) is 4. The number of amides is 1. The largest absolute Gasteiger partial charge is 0.356 e. The number of carbonyl (C=O) groups is 1. The van der Waals surface area contributed by atoms with Crippen molar-refractivity contribution in [3.05, 3.63) is 23.9 Å². The Hall–Kier alpha value is -1.04. The van der Waals surface area contributed by atoms with E-state index in [-0.39, 0.29) is 42.8 Å². The summed E-state index contributed by atoms with van der Waals surface area (Å²) in [6.07, 6.45) is 2.32. The first-order chi connectivity index (χ1) is 9.54. The average Bonchev–Trinajstić information content (AvgIpc) is 2.38. The summed E-state index contributed by atoms with van der Waals surface area (Å²) in [6.45, 7) is 5.72. The molecule has 2 heterocycles. The van der Waals surface area contributed by atoms with Gasteiger partial charge in [0.2, 0.25) is 5.91 Å². The van der Waals surface area contributed by atoms with Crippen molar-refractivity contribution in [2.45, 2.75) is 45.2 Å². The molecular formula is C15H26Cl2N4O. The Morgan fingerprint density at radius 3 is 2.59 bits per heavy atom. The van der Waals surface area contributed by atoms with Crippen LogP contribution in [0.1, 0.15) is 31.9 Å². The van der Waals surface area contributed by atoms with Crippen LogP contribution < -0.4 is 16.0 Å². The molecule has 1 atom stereocenters. The fourth-order valence-corrected chi connectivity index (χ4v) is 2.54. The molecule has 0 saturated carbocycles. The van der Waals surface area contributed by atoms with Crippen molar-refractivity contribution in [3.63, 3.8) is 0 Å². The lowest BCUT2D eigenvalue weighted by atomic mass is 10.0. The minimum Gasteiger partial charge on any atom is -0.356 e. The summed E-state index contributed by atoms with van der Waals surface area (Å²) < 4.78 is 0. The fourth-order valence-electron chi connectivity index (χ4n) is 2.54. The normalized spacial score (nSPS) is 16.2. The number of aryl methyl sites for hydroxylation is 1. The highest BCUT2D eigenvalue weighted by Crippen LogP contribution is 2.18. The van der Waals surface area contributed by atoms with Crippen LogP contribution in [-0.2, 0) is 4.79 Å². The Balaban J connectivity index is 0.00000220. The summed E-state index contributed by atoms with van der Waals surface area (Å²) in [5.74, 6) is 1.09. The van der Waals surface area contributed by atoms with E-state index >= 15 is 0 Å². The molecule has 0 aliphatic carbocycles. The van der Waals surface area contributed by atoms with Crippen LogP contribution in [0.25, 0.3) is 0 Å². The number of aromatic nitrogens is 1. The third kappa shape index (κ3) is 6.38. The standard InChI is InChI=1S/C15H24N4O.2ClH/c1-11(16)10-15(20)18-13-6-8-19(9-7-13)14-5-3-4-12(2)17-14;;/h3-5,11,13H,6-10,16H2,1-2H3,(H,18,20);2*1H. The molecule has 1 aromatic rings. The molecule has 1 fully saturated rings. The second kappa shape index (κ2) is 9.87. The van der Waals surface area contributed by atoms with Crippen LogP contribution in [-0.4, -0.2) is 36.1 Å². The highest BCUT2D eigenvalue weighted by molar-refractivity contribution is 5.85. The van der Waals surface area contributed by atoms with Gasteiger partial charge in [0.05, 0.1) is 0 Å². The predicted molar refractivity (Wildman–Crippen MR) is 95.1 cm³/mol. The molecule has 0 radical (unpaired) electrons. The van der Waals surface area contributed by atoms with Gasteiger partial charge in [-0.2, -0.15) is 0 Å². The molecule has 1 aliphatic heterocycles. The van der Waals surface area contributed by atoms with Gasteiger partial charge in [0.25, 0.3) is 0 Å². The third-order valence-electron chi connectivity index (χ3n) is 3.57. The van der Waals surface area contributed by atoms with Gasteiger partial charge in [-0.1, -0.05) is 6.07 Å². The maximum Gasteiger partial charge on any atom is 0.221 e. The summed E-state index contributed by atoms with van der Waals surface area (Å²) >= 11 is 0. The lowest BCUT2D eigenvalue weighted by Gasteiger charge is -2.33. The van der Waals surface area contributed by atoms with Gasteiger partial charge < -0.3 is 16.0 Å². The van der Waals surface area contributed by atoms with Crippen molar-refractivity contribution in [2.75, 3.05) is 18.0 Å². The Kier molecular flexibility index (Phi) is 9.41. The maximum absolute atomic E-state index is 11.7. The monoisotopic (exact) mass is 348 g/mol. The Bertz CT molecular complexity index is 463. The molecule has 0 spiro atoms. The number of hydrogen-bond donors (Lipinski definition) is 2. The van der Waals surface area contributed by atoms with Crippen LogP contribution in [0.3, 0.4) is 0 Å². The van der Waals surface area contributed by atoms with E-state index in [1.54, 1.807) is 0 Å². The van der Waals surface area contributed by atoms with Crippen molar-refractivity contribution in [1.82, 2.24) is 10.3 Å². The second-order valence-electron chi connectivity index (χ2n) is 5.65. The summed E-state index contributed by atoms with van der Waals surface area (Å²) in [5.41, 5.74) is 6.67. The van der Waals surface area contributed by atoms with E-state index in [1.165, 1.54) is 0 Å². The molecule has 126 valence electrons. The van der Waals surface area contributed by atoms with Crippen molar-refractivity contribution >= 4 is 36.5 Å². The minimum absolute atomic E-state index is 0. The first kappa shape index (κ1) is 21.0. The average molecular weight is 349 g/mol. The first-order valence-corrected chi connectivity index (χ1v) is 7.28. The van der Waals surface area contributed by atoms with Crippen LogP contribution in [0.2, 0.25) is 0 Å². The van der Waals surface area contributed by atoms with Gasteiger partial charge in [0.1, 0.15) is 5.82 Å². The Morgan fingerprint density at radius 2 is 2.05 bits per heavy atom. The van der Waals surface area contributed by atoms with E-state index in [0.717, 1.165) is 37.4 Å². The first-order valence-electron chi connectivity index (χ1n) is 7.28. The number of pyridine rings is 1. The number of carbonyl (C=O) groups excluding carboxylic acids is 1. The molecule has 5 nitrogen and oxygen atoms in total. The molecule has 1 aromatic heterocycles. The van der Waals surface area contributed by atoms with Crippen LogP contribution in [0, 0.1) is 6.92 Å². The SMILES string of the molecule is Cc1cccc(N2CCC(NC(=O)CC(C)N)CC2)n1.Cl.Cl. The zero-order chi connectivity index (χ0) is 14.5. The van der Waals surface area contributed by atoms with Crippen molar-refractivity contribution in [2.24, 2.45) is 5.73 Å². The maximum atomic E-state index is 11.7. The van der Waals surface area contributed by atoms with Gasteiger partial charge >= 0.3 is 0 Å². The summed E-state index contributed by atoms with van der Waals surface area (Å²) in [6, 6.07) is 6.27. The number of anilines is 1. The lowest BCUT2D eigenvalue weighted by molar-refractivity contribution is -0.122. The highest BCUT2D eigenvalue weighted by Gasteiger charge is 2.21. The van der Waals surface area contributed by atoms with Gasteiger partial charge in [-0.15, -0.1) is 24.8 Å². The smallest absolute Gasteiger partial charge is 0.221 e. The quantitative estimate of drug-likeness (QED) is 0.873. The zero-order valence-corrected chi connectivity index (χ0v) is 14.8. The van der Waals surface area contributed by atoms with Gasteiger partial charge in [0, 0.05) is 37.3 Å². The number of halogens is 2. The van der Waals surface area contributed by atoms with E-state index < -0.39 is 0 Å². The number of nitrogens with one attached hydrogen (secondary N) is 1. The molecule has 2 rings (SSSR count). The molecule has 0 aromatic carbocycles. The van der Waals surface area contributed by atoms with Crippen LogP contribution >= 0.6 is 24.8 Å². The molecule has 3 N–H and O–H groups in total. The molecule has 0 bridgehead atoms. The van der Waals surface area contributed by atoms with Crippen molar-refractivity contribution < 1.29 is 4.79 Å². The summed E-state index contributed by atoms with van der Waals surface area (Å²) in [5, 5.41) is 3.07. The number of nitrogens with zero attached hydrogens (tertiary/aromatic N) is 2. The highest BCUT2D eigenvalue weighted by atomic mass is 35.5. The summed E-state index contributed by atoms with van der Waals surface area (Å²) in [7, 11) is 0. The molecular weight excluding hydrogens is 323 g/mol. The topological polar surface area (TPSA) is 71.2 Å². The Labute approximate surface area is 144 Å². The van der Waals surface area contributed by atoms with Gasteiger partial charge in [-0.05, 0) is 38.8 Å². The summed E-state index contributed by atoms with van der Waals surface area (Å²) in [4.78, 5) is 18.5. The lowest BCUT2D eigenvalue weighted by Crippen LogP contribution is -2.45. The minimum atomic E-state index is -0.0772. The molecule has 1 saturated heterocycles. The van der Waals surface area contributed by atoms with Crippen LogP contribution in [0.5, 0.6) is 0 Å². The second-order valence-corrected chi connectivity index (χ2v) is 5.65. The predicted octanol–water partition coefficient (Wildman–Crippen LogP) is 2.06. The molecule has 1 amide bonds. The molecule has 1 aliphatic rings. The molecule has 22 heavy (non-hydrogen) atoms. The van der Waals surface area contributed by atoms with Crippen LogP contribution in [0.4, 0.5) is 5.82 Å². The number of nitrogens with two attached hydrogens (primary N) is 1. The van der Waals surface area contributed by atoms with Gasteiger partial charge in [-0.3, -0.25) is 4.79 Å². The van der Waals surface area contributed by atoms with Crippen molar-refractivity contribution in [3.8, 4) is 0 Å². The number of rotatable bonds is 4. The van der Waals surface area contributed by atoms with E-state index in [4.69, 9.17) is 5.73 Å². The fraction of sp³-hybridized carbons (Fsp3) is 0.600. The van der Waals surface area contributed by atoms with Gasteiger partial charge in [0.15, 0.2) is 0 Å². The van der Waals surface area contributed by atoms with E-state index in [9.17, 15) is 4.79 Å². The van der Waals surface area contributed by atoms with Crippen LogP contribution in [0.15, 0.2) is 18.2 Å². The third-order valence-corrected chi connectivity index (χ3v) is 3.57. The van der Waals surface area contributed by atoms with E-state index in [0.29, 0.717) is 6.42 Å². The van der Waals surface area contributed by atoms with E-state index in [2.05, 4.69) is 15.2 Å². The molecule has 7 heteroatoms. The molecule has 1 unspecified atom stereocenters. The van der Waals surface area contributed by atoms with E-state index in [1.807, 2.05) is 32.0 Å².